The van der Waals surface area contributed by atoms with Gasteiger partial charge in [-0.25, -0.2) is 4.79 Å². The number of hydrogen-bond donors (Lipinski definition) is 2. The molecule has 6 heteroatoms. The molecule has 3 rings (SSSR count). The number of carbonyl (C=O) groups is 2. The Kier molecular flexibility index (Phi) is 3.85. The number of carboxylic acids is 1. The van der Waals surface area contributed by atoms with Crippen molar-refractivity contribution < 1.29 is 14.7 Å². The second-order valence-corrected chi connectivity index (χ2v) is 5.88. The van der Waals surface area contributed by atoms with Crippen molar-refractivity contribution in [3.05, 3.63) is 64.2 Å². The average molecular weight is 361 g/mol. The first-order valence-corrected chi connectivity index (χ1v) is 7.50. The number of amides is 2. The number of nitrogens with one attached hydrogen (secondary N) is 1. The van der Waals surface area contributed by atoms with Gasteiger partial charge in [0, 0.05) is 10.1 Å². The highest BCUT2D eigenvalue weighted by Gasteiger charge is 2.33. The fourth-order valence-corrected chi connectivity index (χ4v) is 2.99. The van der Waals surface area contributed by atoms with Crippen LogP contribution in [0.5, 0.6) is 0 Å². The molecule has 0 bridgehead atoms. The van der Waals surface area contributed by atoms with Gasteiger partial charge in [-0.2, -0.15) is 0 Å². The first-order valence-electron chi connectivity index (χ1n) is 6.71. The van der Waals surface area contributed by atoms with Crippen LogP contribution in [0.25, 0.3) is 5.70 Å². The van der Waals surface area contributed by atoms with Crippen molar-refractivity contribution in [1.82, 2.24) is 10.2 Å². The summed E-state index contributed by atoms with van der Waals surface area (Å²) in [7, 11) is 0. The molecule has 0 fully saturated rings. The number of carbonyl (C=O) groups excluding carboxylic acids is 1. The molecule has 1 heterocycles. The topological polar surface area (TPSA) is 69.6 Å². The van der Waals surface area contributed by atoms with Crippen LogP contribution in [0.1, 0.15) is 5.56 Å². The van der Waals surface area contributed by atoms with Crippen LogP contribution >= 0.6 is 15.9 Å². The third-order valence-electron chi connectivity index (χ3n) is 3.48. The number of benzene rings is 1. The molecule has 0 aromatic heterocycles. The first-order chi connectivity index (χ1) is 10.6. The lowest BCUT2D eigenvalue weighted by Gasteiger charge is -2.36. The molecule has 1 aromatic rings. The molecule has 5 nitrogen and oxygen atoms in total. The SMILES string of the molecule is O=C(O)CN1C(=O)N[C@H]2C=CC(Br)=CC2=C1c1ccccc1. The van der Waals surface area contributed by atoms with E-state index in [1.807, 2.05) is 48.6 Å². The summed E-state index contributed by atoms with van der Waals surface area (Å²) in [5, 5.41) is 11.9. The van der Waals surface area contributed by atoms with Crippen LogP contribution in [0, 0.1) is 0 Å². The molecule has 0 unspecified atom stereocenters. The molecule has 2 amide bonds. The largest absolute Gasteiger partial charge is 0.480 e. The summed E-state index contributed by atoms with van der Waals surface area (Å²) < 4.78 is 0.874. The minimum atomic E-state index is -1.06. The third kappa shape index (κ3) is 2.69. The Labute approximate surface area is 135 Å². The van der Waals surface area contributed by atoms with Gasteiger partial charge >= 0.3 is 12.0 Å². The van der Waals surface area contributed by atoms with Gasteiger partial charge in [-0.3, -0.25) is 9.69 Å². The molecular weight excluding hydrogens is 348 g/mol. The van der Waals surface area contributed by atoms with Crippen molar-refractivity contribution in [2.75, 3.05) is 6.54 Å². The van der Waals surface area contributed by atoms with Crippen LogP contribution in [0.2, 0.25) is 0 Å². The van der Waals surface area contributed by atoms with Crippen molar-refractivity contribution in [3.8, 4) is 0 Å². The Morgan fingerprint density at radius 2 is 2.05 bits per heavy atom. The number of rotatable bonds is 3. The molecule has 2 N–H and O–H groups in total. The summed E-state index contributed by atoms with van der Waals surface area (Å²) in [6.45, 7) is -0.387. The summed E-state index contributed by atoms with van der Waals surface area (Å²) in [6.07, 6.45) is 5.64. The van der Waals surface area contributed by atoms with E-state index in [2.05, 4.69) is 21.2 Å². The summed E-state index contributed by atoms with van der Waals surface area (Å²) in [5.74, 6) is -1.06. The predicted molar refractivity (Wildman–Crippen MR) is 86.2 cm³/mol. The maximum absolute atomic E-state index is 12.3. The van der Waals surface area contributed by atoms with Crippen LogP contribution in [-0.4, -0.2) is 34.6 Å². The standard InChI is InChI=1S/C16H13BrN2O3/c17-11-6-7-13-12(8-11)15(10-4-2-1-3-5-10)19(9-14(20)21)16(22)18-13/h1-8,13H,9H2,(H,18,22)(H,20,21)/t13-/m0/s1. The van der Waals surface area contributed by atoms with Gasteiger partial charge < -0.3 is 10.4 Å². The quantitative estimate of drug-likeness (QED) is 0.870. The van der Waals surface area contributed by atoms with Gasteiger partial charge in [0.1, 0.15) is 6.54 Å². The second kappa shape index (κ2) is 5.81. The molecule has 22 heavy (non-hydrogen) atoms. The summed E-state index contributed by atoms with van der Waals surface area (Å²) >= 11 is 3.43. The monoisotopic (exact) mass is 360 g/mol. The number of aliphatic carboxylic acids is 1. The highest BCUT2D eigenvalue weighted by Crippen LogP contribution is 2.33. The van der Waals surface area contributed by atoms with Crippen LogP contribution < -0.4 is 5.32 Å². The number of urea groups is 1. The van der Waals surface area contributed by atoms with E-state index in [4.69, 9.17) is 5.11 Å². The van der Waals surface area contributed by atoms with Crippen LogP contribution in [0.15, 0.2) is 58.6 Å². The fourth-order valence-electron chi connectivity index (χ4n) is 2.59. The molecule has 1 atom stereocenters. The molecular formula is C16H13BrN2O3. The van der Waals surface area contributed by atoms with E-state index in [0.717, 1.165) is 15.6 Å². The fraction of sp³-hybridized carbons (Fsp3) is 0.125. The first kappa shape index (κ1) is 14.6. The van der Waals surface area contributed by atoms with E-state index in [1.54, 1.807) is 0 Å². The van der Waals surface area contributed by atoms with Crippen LogP contribution in [0.3, 0.4) is 0 Å². The van der Waals surface area contributed by atoms with Gasteiger partial charge in [-0.15, -0.1) is 0 Å². The molecule has 0 saturated carbocycles. The van der Waals surface area contributed by atoms with E-state index in [9.17, 15) is 9.59 Å². The van der Waals surface area contributed by atoms with Gasteiger partial charge in [0.05, 0.1) is 11.7 Å². The van der Waals surface area contributed by atoms with E-state index < -0.39 is 12.0 Å². The van der Waals surface area contributed by atoms with E-state index in [-0.39, 0.29) is 12.6 Å². The molecule has 2 aliphatic rings. The molecule has 1 aromatic carbocycles. The Morgan fingerprint density at radius 1 is 1.32 bits per heavy atom. The summed E-state index contributed by atoms with van der Waals surface area (Å²) in [4.78, 5) is 24.7. The van der Waals surface area contributed by atoms with Crippen molar-refractivity contribution in [2.45, 2.75) is 6.04 Å². The molecule has 0 radical (unpaired) electrons. The number of halogens is 1. The molecule has 0 saturated heterocycles. The van der Waals surface area contributed by atoms with Crippen molar-refractivity contribution >= 4 is 33.6 Å². The average Bonchev–Trinajstić information content (AvgIpc) is 2.49. The highest BCUT2D eigenvalue weighted by molar-refractivity contribution is 9.11. The van der Waals surface area contributed by atoms with Gasteiger partial charge in [-0.05, 0) is 17.7 Å². The van der Waals surface area contributed by atoms with Crippen molar-refractivity contribution in [3.63, 3.8) is 0 Å². The van der Waals surface area contributed by atoms with Crippen molar-refractivity contribution in [2.24, 2.45) is 0 Å². The smallest absolute Gasteiger partial charge is 0.323 e. The number of carboxylic acid groups (broad SMARTS) is 1. The normalized spacial score (nSPS) is 20.4. The Bertz CT molecular complexity index is 722. The predicted octanol–water partition coefficient (Wildman–Crippen LogP) is 2.72. The van der Waals surface area contributed by atoms with Crippen LogP contribution in [-0.2, 0) is 4.79 Å². The number of allylic oxidation sites excluding steroid dienone is 2. The van der Waals surface area contributed by atoms with Gasteiger partial charge in [0.15, 0.2) is 0 Å². The number of fused-ring (bicyclic) bond motifs is 1. The maximum Gasteiger partial charge on any atom is 0.323 e. The second-order valence-electron chi connectivity index (χ2n) is 4.97. The highest BCUT2D eigenvalue weighted by atomic mass is 79.9. The maximum atomic E-state index is 12.3. The Morgan fingerprint density at radius 3 is 2.73 bits per heavy atom. The third-order valence-corrected chi connectivity index (χ3v) is 3.98. The summed E-state index contributed by atoms with van der Waals surface area (Å²) in [6, 6.07) is 8.67. The molecule has 112 valence electrons. The zero-order valence-corrected chi connectivity index (χ0v) is 13.1. The lowest BCUT2D eigenvalue weighted by molar-refractivity contribution is -0.137. The van der Waals surface area contributed by atoms with Crippen LogP contribution in [0.4, 0.5) is 4.79 Å². The Hall–Kier alpha value is -2.34. The minimum Gasteiger partial charge on any atom is -0.480 e. The molecule has 1 aliphatic carbocycles. The minimum absolute atomic E-state index is 0.256. The molecule has 1 aliphatic heterocycles. The van der Waals surface area contributed by atoms with E-state index in [0.29, 0.717) is 5.70 Å². The zero-order chi connectivity index (χ0) is 15.7. The van der Waals surface area contributed by atoms with Gasteiger partial charge in [-0.1, -0.05) is 52.3 Å². The molecule has 0 spiro atoms. The van der Waals surface area contributed by atoms with Crippen molar-refractivity contribution in [1.29, 1.82) is 0 Å². The zero-order valence-electron chi connectivity index (χ0n) is 11.5. The van der Waals surface area contributed by atoms with Gasteiger partial charge in [0.25, 0.3) is 0 Å². The lowest BCUT2D eigenvalue weighted by Crippen LogP contribution is -2.51. The van der Waals surface area contributed by atoms with Gasteiger partial charge in [0.2, 0.25) is 0 Å². The number of hydrogen-bond acceptors (Lipinski definition) is 2. The Balaban J connectivity index is 2.19. The van der Waals surface area contributed by atoms with E-state index in [1.165, 1.54) is 4.90 Å². The van der Waals surface area contributed by atoms with E-state index >= 15 is 0 Å². The summed E-state index contributed by atoms with van der Waals surface area (Å²) in [5.41, 5.74) is 2.30. The number of nitrogens with zero attached hydrogens (tertiary/aromatic N) is 1. The lowest BCUT2D eigenvalue weighted by atomic mass is 9.93.